The predicted molar refractivity (Wildman–Crippen MR) is 96.7 cm³/mol. The number of ketones is 1. The van der Waals surface area contributed by atoms with Crippen molar-refractivity contribution in [2.75, 3.05) is 11.9 Å². The molecule has 0 spiro atoms. The Morgan fingerprint density at radius 3 is 2.35 bits per heavy atom. The third kappa shape index (κ3) is 4.77. The molecule has 0 radical (unpaired) electrons. The molecule has 0 atom stereocenters. The normalized spacial score (nSPS) is 10.3. The summed E-state index contributed by atoms with van der Waals surface area (Å²) in [6.07, 6.45) is -0.246. The molecule has 2 aromatic carbocycles. The number of amides is 1. The first-order chi connectivity index (χ1) is 12.4. The van der Waals surface area contributed by atoms with Crippen LogP contribution in [-0.2, 0) is 25.8 Å². The Bertz CT molecular complexity index is 829. The molecule has 1 amide bonds. The Morgan fingerprint density at radius 1 is 0.962 bits per heavy atom. The number of Topliss-reactive ketones (excluding diaryl/α,β-unsaturated/α-hetero) is 1. The molecule has 0 aromatic heterocycles. The summed E-state index contributed by atoms with van der Waals surface area (Å²) in [4.78, 5) is 45.3. The zero-order valence-electron chi connectivity index (χ0n) is 15.0. The average molecular weight is 355 g/mol. The highest BCUT2D eigenvalue weighted by Crippen LogP contribution is 2.20. The van der Waals surface area contributed by atoms with E-state index in [0.29, 0.717) is 22.4 Å². The van der Waals surface area contributed by atoms with Crippen LogP contribution in [-0.4, -0.2) is 24.3 Å². The molecule has 0 saturated heterocycles. The van der Waals surface area contributed by atoms with Gasteiger partial charge in [-0.3, -0.25) is 14.5 Å². The van der Waals surface area contributed by atoms with Gasteiger partial charge in [0, 0.05) is 17.7 Å². The van der Waals surface area contributed by atoms with Crippen LogP contribution >= 0.6 is 0 Å². The molecule has 0 aliphatic rings. The van der Waals surface area contributed by atoms with E-state index < -0.39 is 11.8 Å². The average Bonchev–Trinajstić information content (AvgIpc) is 2.61. The van der Waals surface area contributed by atoms with Crippen LogP contribution in [0, 0.1) is 13.8 Å². The lowest BCUT2D eigenvalue weighted by molar-refractivity contribution is -0.266. The molecule has 6 nitrogen and oxygen atoms in total. The monoisotopic (exact) mass is 355 g/mol. The van der Waals surface area contributed by atoms with E-state index in [-0.39, 0.29) is 18.9 Å². The Balaban J connectivity index is 2.23. The number of benzene rings is 2. The summed E-state index contributed by atoms with van der Waals surface area (Å²) in [6, 6.07) is 12.6. The van der Waals surface area contributed by atoms with Gasteiger partial charge in [-0.05, 0) is 43.5 Å². The molecule has 0 unspecified atom stereocenters. The number of rotatable bonds is 7. The second-order valence-corrected chi connectivity index (χ2v) is 5.76. The van der Waals surface area contributed by atoms with Crippen molar-refractivity contribution < 1.29 is 24.2 Å². The first-order valence-electron chi connectivity index (χ1n) is 8.26. The van der Waals surface area contributed by atoms with Crippen molar-refractivity contribution in [2.45, 2.75) is 27.2 Å². The van der Waals surface area contributed by atoms with Crippen LogP contribution < -0.4 is 5.32 Å². The van der Waals surface area contributed by atoms with Crippen LogP contribution in [0.3, 0.4) is 0 Å². The summed E-state index contributed by atoms with van der Waals surface area (Å²) in [5.74, 6) is -2.20. The molecular formula is C20H21NO5. The van der Waals surface area contributed by atoms with Crippen LogP contribution in [0.1, 0.15) is 34.0 Å². The minimum absolute atomic E-state index is 0.146. The lowest BCUT2D eigenvalue weighted by Gasteiger charge is -2.13. The van der Waals surface area contributed by atoms with Crippen molar-refractivity contribution in [2.24, 2.45) is 0 Å². The van der Waals surface area contributed by atoms with E-state index in [4.69, 9.17) is 0 Å². The lowest BCUT2D eigenvalue weighted by atomic mass is 9.97. The summed E-state index contributed by atoms with van der Waals surface area (Å²) in [6.45, 7) is 5.45. The Morgan fingerprint density at radius 2 is 1.65 bits per heavy atom. The van der Waals surface area contributed by atoms with Gasteiger partial charge >= 0.3 is 5.97 Å². The molecule has 1 N–H and O–H groups in total. The molecule has 136 valence electrons. The molecule has 0 heterocycles. The zero-order valence-corrected chi connectivity index (χ0v) is 15.0. The zero-order chi connectivity index (χ0) is 19.1. The Kier molecular flexibility index (Phi) is 6.63. The van der Waals surface area contributed by atoms with Crippen molar-refractivity contribution in [1.82, 2.24) is 0 Å². The van der Waals surface area contributed by atoms with E-state index in [1.54, 1.807) is 38.1 Å². The van der Waals surface area contributed by atoms with Gasteiger partial charge in [-0.25, -0.2) is 4.79 Å². The Hall–Kier alpha value is -2.99. The third-order valence-electron chi connectivity index (χ3n) is 3.81. The molecule has 2 aromatic rings. The summed E-state index contributed by atoms with van der Waals surface area (Å²) >= 11 is 0. The summed E-state index contributed by atoms with van der Waals surface area (Å²) in [7, 11) is 0. The van der Waals surface area contributed by atoms with Gasteiger partial charge in [0.2, 0.25) is 5.78 Å². The topological polar surface area (TPSA) is 81.7 Å². The highest BCUT2D eigenvalue weighted by atomic mass is 17.2. The van der Waals surface area contributed by atoms with E-state index in [1.807, 2.05) is 25.1 Å². The van der Waals surface area contributed by atoms with Crippen molar-refractivity contribution >= 4 is 23.3 Å². The van der Waals surface area contributed by atoms with Crippen LogP contribution in [0.5, 0.6) is 0 Å². The quantitative estimate of drug-likeness (QED) is 0.469. The maximum Gasteiger partial charge on any atom is 0.408 e. The van der Waals surface area contributed by atoms with E-state index in [2.05, 4.69) is 15.1 Å². The fourth-order valence-electron chi connectivity index (χ4n) is 2.50. The highest BCUT2D eigenvalue weighted by Gasteiger charge is 2.22. The maximum atomic E-state index is 12.8. The minimum atomic E-state index is -1.08. The standard InChI is InChI=1S/C20H21NO5/c1-4-25-26-20(24)17(22)12-15-10-7-9-14(3)18(15)19(23)21-16-11-6-5-8-13(16)2/h5-11H,4,12H2,1-3H3,(H,21,23). The summed E-state index contributed by atoms with van der Waals surface area (Å²) < 4.78 is 0. The molecule has 0 saturated carbocycles. The van der Waals surface area contributed by atoms with Gasteiger partial charge in [0.1, 0.15) is 0 Å². The molecule has 0 bridgehead atoms. The van der Waals surface area contributed by atoms with Crippen LogP contribution in [0.2, 0.25) is 0 Å². The first-order valence-corrected chi connectivity index (χ1v) is 8.26. The first kappa shape index (κ1) is 19.3. The number of hydrogen-bond acceptors (Lipinski definition) is 5. The van der Waals surface area contributed by atoms with Crippen molar-refractivity contribution in [1.29, 1.82) is 0 Å². The Labute approximate surface area is 152 Å². The molecule has 0 fully saturated rings. The predicted octanol–water partition coefficient (Wildman–Crippen LogP) is 3.16. The lowest BCUT2D eigenvalue weighted by Crippen LogP contribution is -2.23. The second kappa shape index (κ2) is 8.92. The molecule has 26 heavy (non-hydrogen) atoms. The van der Waals surface area contributed by atoms with Gasteiger partial charge in [0.15, 0.2) is 0 Å². The second-order valence-electron chi connectivity index (χ2n) is 5.76. The van der Waals surface area contributed by atoms with Crippen LogP contribution in [0.15, 0.2) is 42.5 Å². The van der Waals surface area contributed by atoms with E-state index >= 15 is 0 Å². The van der Waals surface area contributed by atoms with Gasteiger partial charge in [-0.1, -0.05) is 36.4 Å². The van der Waals surface area contributed by atoms with E-state index in [1.165, 1.54) is 0 Å². The summed E-state index contributed by atoms with van der Waals surface area (Å²) in [5.41, 5.74) is 3.14. The summed E-state index contributed by atoms with van der Waals surface area (Å²) in [5, 5.41) is 2.85. The van der Waals surface area contributed by atoms with Gasteiger partial charge < -0.3 is 5.32 Å². The van der Waals surface area contributed by atoms with E-state index in [0.717, 1.165) is 5.56 Å². The van der Waals surface area contributed by atoms with Crippen molar-refractivity contribution in [3.63, 3.8) is 0 Å². The SMILES string of the molecule is CCOOC(=O)C(=O)Cc1cccc(C)c1C(=O)Nc1ccccc1C. The molecule has 0 aliphatic carbocycles. The van der Waals surface area contributed by atoms with Gasteiger partial charge in [-0.2, -0.15) is 4.89 Å². The van der Waals surface area contributed by atoms with Crippen molar-refractivity contribution in [3.05, 3.63) is 64.7 Å². The molecule has 2 rings (SSSR count). The fourth-order valence-corrected chi connectivity index (χ4v) is 2.50. The van der Waals surface area contributed by atoms with Gasteiger partial charge in [0.05, 0.1) is 6.61 Å². The minimum Gasteiger partial charge on any atom is -0.322 e. The number of aryl methyl sites for hydroxylation is 2. The number of hydrogen-bond donors (Lipinski definition) is 1. The van der Waals surface area contributed by atoms with Crippen molar-refractivity contribution in [3.8, 4) is 0 Å². The number of carbonyl (C=O) groups excluding carboxylic acids is 3. The number of carbonyl (C=O) groups is 3. The van der Waals surface area contributed by atoms with E-state index in [9.17, 15) is 14.4 Å². The van der Waals surface area contributed by atoms with Gasteiger partial charge in [-0.15, -0.1) is 0 Å². The van der Waals surface area contributed by atoms with Gasteiger partial charge in [0.25, 0.3) is 5.91 Å². The molecule has 0 aliphatic heterocycles. The largest absolute Gasteiger partial charge is 0.408 e. The number of para-hydroxylation sites is 1. The molecule has 6 heteroatoms. The maximum absolute atomic E-state index is 12.8. The van der Waals surface area contributed by atoms with Crippen LogP contribution in [0.25, 0.3) is 0 Å². The fraction of sp³-hybridized carbons (Fsp3) is 0.250. The number of nitrogens with one attached hydrogen (secondary N) is 1. The number of anilines is 1. The smallest absolute Gasteiger partial charge is 0.322 e. The molecular weight excluding hydrogens is 334 g/mol. The highest BCUT2D eigenvalue weighted by molar-refractivity contribution is 6.34. The van der Waals surface area contributed by atoms with Crippen LogP contribution in [0.4, 0.5) is 5.69 Å². The third-order valence-corrected chi connectivity index (χ3v) is 3.81.